The van der Waals surface area contributed by atoms with E-state index in [4.69, 9.17) is 56.0 Å². The number of nitrogens with zero attached hydrogens (tertiary/aromatic N) is 6. The first kappa shape index (κ1) is 38.4. The number of benzene rings is 2. The van der Waals surface area contributed by atoms with Crippen LogP contribution in [-0.2, 0) is 14.4 Å². The molecule has 0 spiro atoms. The third-order valence-electron chi connectivity index (χ3n) is 9.58. The molecule has 15 heteroatoms. The Balaban J connectivity index is 1.22. The minimum atomic E-state index is -0.260. The third kappa shape index (κ3) is 9.95. The average molecular weight is 771 g/mol. The van der Waals surface area contributed by atoms with Crippen LogP contribution in [0.3, 0.4) is 0 Å². The fourth-order valence-corrected chi connectivity index (χ4v) is 7.75. The second kappa shape index (κ2) is 18.1. The van der Waals surface area contributed by atoms with Crippen molar-refractivity contribution in [2.45, 2.75) is 37.6 Å². The van der Waals surface area contributed by atoms with E-state index in [-0.39, 0.29) is 42.9 Å². The van der Waals surface area contributed by atoms with E-state index in [0.29, 0.717) is 77.2 Å². The summed E-state index contributed by atoms with van der Waals surface area (Å²) in [5, 5.41) is 6.02. The Labute approximate surface area is 313 Å². The lowest BCUT2D eigenvalue weighted by molar-refractivity contribution is -0.136. The number of hydrogen-bond donors (Lipinski definition) is 0. The van der Waals surface area contributed by atoms with E-state index < -0.39 is 0 Å². The maximum Gasteiger partial charge on any atom is 0.320 e. The van der Waals surface area contributed by atoms with Crippen LogP contribution in [0.2, 0.25) is 20.1 Å². The molecule has 4 amide bonds. The first-order valence-electron chi connectivity index (χ1n) is 16.9. The number of urea groups is 1. The van der Waals surface area contributed by atoms with Gasteiger partial charge in [0.25, 0.3) is 5.91 Å². The molecule has 272 valence electrons. The topological polar surface area (TPSA) is 98.2 Å². The van der Waals surface area contributed by atoms with E-state index >= 15 is 0 Å². The van der Waals surface area contributed by atoms with Crippen molar-refractivity contribution in [3.05, 3.63) is 67.6 Å². The van der Waals surface area contributed by atoms with Gasteiger partial charge < -0.3 is 34.1 Å². The van der Waals surface area contributed by atoms with Crippen molar-refractivity contribution < 1.29 is 24.0 Å². The molecule has 11 nitrogen and oxygen atoms in total. The summed E-state index contributed by atoms with van der Waals surface area (Å²) in [5.74, 6) is -0.512. The number of amides is 4. The zero-order valence-electron chi connectivity index (χ0n) is 28.5. The first-order valence-corrected chi connectivity index (χ1v) is 18.4. The number of morpholine rings is 1. The molecule has 2 aromatic rings. The van der Waals surface area contributed by atoms with Gasteiger partial charge in [0.05, 0.1) is 35.5 Å². The molecule has 0 radical (unpaired) electrons. The molecule has 0 saturated carbocycles. The Morgan fingerprint density at radius 2 is 1.66 bits per heavy atom. The minimum Gasteiger partial charge on any atom is -0.399 e. The predicted octanol–water partition coefficient (Wildman–Crippen LogP) is 6.00. The molecule has 3 aliphatic rings. The third-order valence-corrected chi connectivity index (χ3v) is 10.8. The highest BCUT2D eigenvalue weighted by atomic mass is 35.5. The number of likely N-dealkylation sites (tertiary alicyclic amines) is 1. The Morgan fingerprint density at radius 3 is 2.32 bits per heavy atom. The number of rotatable bonds is 12. The van der Waals surface area contributed by atoms with Gasteiger partial charge in [-0.2, -0.15) is 0 Å². The summed E-state index contributed by atoms with van der Waals surface area (Å²) in [5.41, 5.74) is 1.92. The van der Waals surface area contributed by atoms with Gasteiger partial charge in [-0.1, -0.05) is 57.6 Å². The summed E-state index contributed by atoms with van der Waals surface area (Å²) in [6, 6.07) is 10.3. The quantitative estimate of drug-likeness (QED) is 0.194. The summed E-state index contributed by atoms with van der Waals surface area (Å²) in [6.45, 7) is 6.20. The van der Waals surface area contributed by atoms with E-state index in [1.807, 2.05) is 17.0 Å². The van der Waals surface area contributed by atoms with Crippen LogP contribution >= 0.6 is 46.4 Å². The fourth-order valence-electron chi connectivity index (χ4n) is 6.92. The maximum atomic E-state index is 13.5. The molecule has 2 aromatic carbocycles. The molecule has 0 bridgehead atoms. The molecular weight excluding hydrogens is 726 g/mol. The zero-order valence-corrected chi connectivity index (χ0v) is 31.5. The molecule has 0 N–H and O–H groups in total. The second-order valence-corrected chi connectivity index (χ2v) is 14.6. The highest BCUT2D eigenvalue weighted by Crippen LogP contribution is 2.31. The van der Waals surface area contributed by atoms with Gasteiger partial charge in [0.1, 0.15) is 13.7 Å². The van der Waals surface area contributed by atoms with E-state index in [1.54, 1.807) is 46.0 Å². The highest BCUT2D eigenvalue weighted by Gasteiger charge is 2.35. The van der Waals surface area contributed by atoms with E-state index in [0.717, 1.165) is 44.5 Å². The molecule has 1 atom stereocenters. The SMILES string of the molecule is CO/N=C(\CN(C)C(=O)c1cc(Cl)cc(Cl)c1)C(CCN1CCC(N2CCCN(CC(=O)N3CCOCC3)C2=O)CC1)c1ccc(Cl)c(Cl)c1. The first-order chi connectivity index (χ1) is 24.0. The lowest BCUT2D eigenvalue weighted by atomic mass is 9.89. The summed E-state index contributed by atoms with van der Waals surface area (Å²) >= 11 is 25.1. The molecule has 1 unspecified atom stereocenters. The number of ether oxygens (including phenoxy) is 1. The molecule has 5 rings (SSSR count). The number of carbonyl (C=O) groups is 3. The van der Waals surface area contributed by atoms with Gasteiger partial charge in [-0.05, 0) is 68.1 Å². The Kier molecular flexibility index (Phi) is 13.9. The van der Waals surface area contributed by atoms with Crippen molar-refractivity contribution in [2.24, 2.45) is 5.16 Å². The fraction of sp³-hybridized carbons (Fsp3) is 0.543. The maximum absolute atomic E-state index is 13.5. The standard InChI is InChI=1S/C35H44Cl4N6O5/c1-41(34(47)25-18-26(36)21-27(37)19-25)22-32(40-49-2)29(24-4-5-30(38)31(39)20-24)8-13-42-11-6-28(7-12-42)45-10-3-9-44(35(45)48)23-33(46)43-14-16-50-17-15-43/h4-5,18-21,28-29H,3,6-17,22-23H2,1-2H3/b40-32+. The van der Waals surface area contributed by atoms with Crippen LogP contribution in [0.5, 0.6) is 0 Å². The molecular formula is C35H44Cl4N6O5. The molecule has 3 fully saturated rings. The summed E-state index contributed by atoms with van der Waals surface area (Å²) in [4.78, 5) is 54.5. The summed E-state index contributed by atoms with van der Waals surface area (Å²) in [7, 11) is 3.18. The van der Waals surface area contributed by atoms with Crippen LogP contribution in [0.15, 0.2) is 41.6 Å². The van der Waals surface area contributed by atoms with Crippen LogP contribution in [0.25, 0.3) is 0 Å². The van der Waals surface area contributed by atoms with Crippen molar-refractivity contribution in [3.8, 4) is 0 Å². The Morgan fingerprint density at radius 1 is 0.960 bits per heavy atom. The predicted molar refractivity (Wildman–Crippen MR) is 197 cm³/mol. The molecule has 3 heterocycles. The molecule has 3 saturated heterocycles. The zero-order chi connectivity index (χ0) is 35.8. The number of piperidine rings is 1. The van der Waals surface area contributed by atoms with Crippen molar-refractivity contribution in [2.75, 3.05) is 86.3 Å². The van der Waals surface area contributed by atoms with E-state index in [1.165, 1.54) is 7.11 Å². The van der Waals surface area contributed by atoms with Crippen LogP contribution in [-0.4, -0.2) is 140 Å². The highest BCUT2D eigenvalue weighted by molar-refractivity contribution is 6.42. The largest absolute Gasteiger partial charge is 0.399 e. The summed E-state index contributed by atoms with van der Waals surface area (Å²) < 4.78 is 5.37. The van der Waals surface area contributed by atoms with Gasteiger partial charge in [0.15, 0.2) is 0 Å². The monoisotopic (exact) mass is 768 g/mol. The van der Waals surface area contributed by atoms with Crippen LogP contribution in [0, 0.1) is 0 Å². The van der Waals surface area contributed by atoms with Crippen LogP contribution in [0.1, 0.15) is 47.5 Å². The molecule has 0 aromatic heterocycles. The molecule has 0 aliphatic carbocycles. The minimum absolute atomic E-state index is 0.0179. The van der Waals surface area contributed by atoms with Crippen molar-refractivity contribution in [1.82, 2.24) is 24.5 Å². The van der Waals surface area contributed by atoms with Crippen LogP contribution < -0.4 is 0 Å². The van der Waals surface area contributed by atoms with Gasteiger partial charge in [0.2, 0.25) is 5.91 Å². The normalized spacial score (nSPS) is 18.7. The lowest BCUT2D eigenvalue weighted by Crippen LogP contribution is -2.57. The van der Waals surface area contributed by atoms with Gasteiger partial charge in [-0.25, -0.2) is 4.79 Å². The second-order valence-electron chi connectivity index (χ2n) is 12.9. The smallest absolute Gasteiger partial charge is 0.320 e. The van der Waals surface area contributed by atoms with Gasteiger partial charge in [-0.15, -0.1) is 0 Å². The summed E-state index contributed by atoms with van der Waals surface area (Å²) in [6.07, 6.45) is 3.20. The van der Waals surface area contributed by atoms with Crippen molar-refractivity contribution in [3.63, 3.8) is 0 Å². The van der Waals surface area contributed by atoms with Crippen molar-refractivity contribution in [1.29, 1.82) is 0 Å². The van der Waals surface area contributed by atoms with E-state index in [9.17, 15) is 14.4 Å². The average Bonchev–Trinajstić information content (AvgIpc) is 3.10. The number of hydrogen-bond acceptors (Lipinski definition) is 7. The Hall–Kier alpha value is -2.80. The van der Waals surface area contributed by atoms with Gasteiger partial charge in [-0.3, -0.25) is 9.59 Å². The number of halogens is 4. The number of carbonyl (C=O) groups excluding carboxylic acids is 3. The lowest BCUT2D eigenvalue weighted by Gasteiger charge is -2.43. The van der Waals surface area contributed by atoms with E-state index in [2.05, 4.69) is 10.1 Å². The molecule has 50 heavy (non-hydrogen) atoms. The van der Waals surface area contributed by atoms with Gasteiger partial charge >= 0.3 is 6.03 Å². The van der Waals surface area contributed by atoms with Crippen LogP contribution in [0.4, 0.5) is 4.79 Å². The Bertz CT molecular complexity index is 1530. The number of oxime groups is 1. The molecule has 3 aliphatic heterocycles. The van der Waals surface area contributed by atoms with Crippen molar-refractivity contribution >= 4 is 70.0 Å². The van der Waals surface area contributed by atoms with Gasteiger partial charge in [0, 0.05) is 73.9 Å².